The van der Waals surface area contributed by atoms with Crippen LogP contribution in [0.2, 0.25) is 32.2 Å². The molecule has 0 aromatic carbocycles. The Hall–Kier alpha value is 0.0938. The van der Waals surface area contributed by atoms with Crippen molar-refractivity contribution in [2.24, 2.45) is 0 Å². The van der Waals surface area contributed by atoms with Crippen LogP contribution in [0.1, 0.15) is 12.8 Å². The van der Waals surface area contributed by atoms with Gasteiger partial charge in [0.05, 0.1) is 0 Å². The van der Waals surface area contributed by atoms with Crippen molar-refractivity contribution >= 4 is 16.6 Å². The maximum Gasteiger partial charge on any atom is 0.210 e. The monoisotopic (exact) mass is 246 g/mol. The molecule has 0 amide bonds. The number of unbranched alkanes of at least 4 members (excludes halogenated alkanes) is 1. The lowest BCUT2D eigenvalue weighted by Gasteiger charge is -2.19. The van der Waals surface area contributed by atoms with Crippen molar-refractivity contribution in [3.8, 4) is 0 Å². The van der Waals surface area contributed by atoms with Crippen LogP contribution >= 0.6 is 0 Å². The summed E-state index contributed by atoms with van der Waals surface area (Å²) in [5.41, 5.74) is 2.27. The van der Waals surface area contributed by atoms with E-state index in [1.165, 1.54) is 12.5 Å². The molecular formula is C11H26O2Si2. The van der Waals surface area contributed by atoms with Crippen LogP contribution in [0.25, 0.3) is 0 Å². The lowest BCUT2D eigenvalue weighted by molar-refractivity contribution is 0.402. The molecule has 0 radical (unpaired) electrons. The van der Waals surface area contributed by atoms with Gasteiger partial charge in [-0.25, -0.2) is 0 Å². The van der Waals surface area contributed by atoms with Gasteiger partial charge < -0.3 is 8.85 Å². The van der Waals surface area contributed by atoms with Gasteiger partial charge in [0.2, 0.25) is 8.32 Å². The van der Waals surface area contributed by atoms with Crippen LogP contribution in [0.5, 0.6) is 0 Å². The molecule has 0 rings (SSSR count). The van der Waals surface area contributed by atoms with Gasteiger partial charge in [0.25, 0.3) is 0 Å². The quantitative estimate of drug-likeness (QED) is 0.505. The van der Waals surface area contributed by atoms with Gasteiger partial charge in [-0.15, -0.1) is 0 Å². The minimum absolute atomic E-state index is 1.15. The smallest absolute Gasteiger partial charge is 0.210 e. The molecule has 2 nitrogen and oxygen atoms in total. The summed E-state index contributed by atoms with van der Waals surface area (Å²) in [5.74, 6) is 0. The Balaban J connectivity index is 3.72. The number of allylic oxidation sites excluding steroid dienone is 1. The molecule has 0 atom stereocenters. The number of hydrogen-bond donors (Lipinski definition) is 0. The maximum absolute atomic E-state index is 5.51. The average Bonchev–Trinajstić information content (AvgIpc) is 2.17. The average molecular weight is 246 g/mol. The molecular weight excluding hydrogens is 220 g/mol. The molecule has 0 N–H and O–H groups in total. The SMILES string of the molecule is CO[Si](C)(C)C=CCCC[Si](C)(C)OC. The lowest BCUT2D eigenvalue weighted by Crippen LogP contribution is -2.28. The Bertz CT molecular complexity index is 201. The minimum Gasteiger partial charge on any atom is -0.420 e. The molecule has 0 aromatic heterocycles. The molecule has 0 bridgehead atoms. The predicted molar refractivity (Wildman–Crippen MR) is 72.2 cm³/mol. The molecule has 15 heavy (non-hydrogen) atoms. The van der Waals surface area contributed by atoms with Crippen molar-refractivity contribution in [2.75, 3.05) is 14.2 Å². The van der Waals surface area contributed by atoms with E-state index in [-0.39, 0.29) is 0 Å². The van der Waals surface area contributed by atoms with Gasteiger partial charge >= 0.3 is 0 Å². The first-order valence-corrected chi connectivity index (χ1v) is 11.7. The van der Waals surface area contributed by atoms with Crippen LogP contribution in [-0.4, -0.2) is 30.9 Å². The summed E-state index contributed by atoms with van der Waals surface area (Å²) >= 11 is 0. The van der Waals surface area contributed by atoms with E-state index in [1.54, 1.807) is 7.11 Å². The van der Waals surface area contributed by atoms with E-state index >= 15 is 0 Å². The molecule has 0 aliphatic carbocycles. The van der Waals surface area contributed by atoms with Crippen molar-refractivity contribution in [3.05, 3.63) is 11.8 Å². The van der Waals surface area contributed by atoms with Crippen LogP contribution < -0.4 is 0 Å². The number of hydrogen-bond acceptors (Lipinski definition) is 2. The van der Waals surface area contributed by atoms with E-state index in [9.17, 15) is 0 Å². The highest BCUT2D eigenvalue weighted by molar-refractivity contribution is 6.76. The van der Waals surface area contributed by atoms with Gasteiger partial charge in [-0.3, -0.25) is 0 Å². The normalized spacial score (nSPS) is 13.7. The van der Waals surface area contributed by atoms with Gasteiger partial charge in [0.15, 0.2) is 8.32 Å². The van der Waals surface area contributed by atoms with Crippen LogP contribution in [0.15, 0.2) is 11.8 Å². The highest BCUT2D eigenvalue weighted by Crippen LogP contribution is 2.14. The molecule has 0 fully saturated rings. The molecule has 0 aliphatic heterocycles. The highest BCUT2D eigenvalue weighted by atomic mass is 28.4. The predicted octanol–water partition coefficient (Wildman–Crippen LogP) is 3.57. The Morgan fingerprint density at radius 3 is 2.07 bits per heavy atom. The second kappa shape index (κ2) is 6.63. The first kappa shape index (κ1) is 15.1. The van der Waals surface area contributed by atoms with Crippen molar-refractivity contribution < 1.29 is 8.85 Å². The van der Waals surface area contributed by atoms with Crippen molar-refractivity contribution in [1.29, 1.82) is 0 Å². The summed E-state index contributed by atoms with van der Waals surface area (Å²) in [5, 5.41) is 0. The molecule has 90 valence electrons. The first-order chi connectivity index (χ1) is 6.83. The van der Waals surface area contributed by atoms with Crippen LogP contribution in [-0.2, 0) is 8.85 Å². The largest absolute Gasteiger partial charge is 0.420 e. The molecule has 0 saturated carbocycles. The summed E-state index contributed by atoms with van der Waals surface area (Å²) in [4.78, 5) is 0. The maximum atomic E-state index is 5.51. The van der Waals surface area contributed by atoms with Crippen LogP contribution in [0, 0.1) is 0 Å². The molecule has 4 heteroatoms. The van der Waals surface area contributed by atoms with Crippen LogP contribution in [0.3, 0.4) is 0 Å². The van der Waals surface area contributed by atoms with E-state index < -0.39 is 16.6 Å². The van der Waals surface area contributed by atoms with Gasteiger partial charge in [0.1, 0.15) is 0 Å². The molecule has 0 unspecified atom stereocenters. The second-order valence-electron chi connectivity index (χ2n) is 5.07. The van der Waals surface area contributed by atoms with Crippen molar-refractivity contribution in [1.82, 2.24) is 0 Å². The standard InChI is InChI=1S/C11H26O2Si2/c1-12-14(3,4)10-8-7-9-11-15(5,6)13-2/h8,10H,7,9,11H2,1-6H3. The summed E-state index contributed by atoms with van der Waals surface area (Å²) in [6.45, 7) is 8.95. The Morgan fingerprint density at radius 2 is 1.60 bits per heavy atom. The van der Waals surface area contributed by atoms with E-state index in [0.717, 1.165) is 6.42 Å². The zero-order chi connectivity index (χ0) is 11.9. The Kier molecular flexibility index (Phi) is 6.67. The fourth-order valence-corrected chi connectivity index (χ4v) is 3.31. The Labute approximate surface area is 96.9 Å². The van der Waals surface area contributed by atoms with E-state index in [4.69, 9.17) is 8.85 Å². The third kappa shape index (κ3) is 7.96. The van der Waals surface area contributed by atoms with Gasteiger partial charge in [0, 0.05) is 14.2 Å². The van der Waals surface area contributed by atoms with E-state index in [2.05, 4.69) is 38.0 Å². The summed E-state index contributed by atoms with van der Waals surface area (Å²) < 4.78 is 10.9. The molecule has 0 spiro atoms. The molecule has 0 aliphatic rings. The molecule has 0 heterocycles. The van der Waals surface area contributed by atoms with E-state index in [0.29, 0.717) is 0 Å². The second-order valence-corrected chi connectivity index (χ2v) is 13.4. The van der Waals surface area contributed by atoms with Crippen molar-refractivity contribution in [3.63, 3.8) is 0 Å². The van der Waals surface area contributed by atoms with Gasteiger partial charge in [-0.05, 0) is 38.7 Å². The summed E-state index contributed by atoms with van der Waals surface area (Å²) in [7, 11) is 0.822. The first-order valence-electron chi connectivity index (χ1n) is 5.61. The lowest BCUT2D eigenvalue weighted by atomic mass is 10.3. The van der Waals surface area contributed by atoms with Crippen LogP contribution in [0.4, 0.5) is 0 Å². The Morgan fingerprint density at radius 1 is 1.00 bits per heavy atom. The highest BCUT2D eigenvalue weighted by Gasteiger charge is 2.19. The third-order valence-corrected chi connectivity index (χ3v) is 7.50. The van der Waals surface area contributed by atoms with Crippen molar-refractivity contribution in [2.45, 2.75) is 45.1 Å². The topological polar surface area (TPSA) is 18.5 Å². The zero-order valence-electron chi connectivity index (χ0n) is 11.1. The van der Waals surface area contributed by atoms with Gasteiger partial charge in [-0.1, -0.05) is 18.2 Å². The molecule has 0 aromatic rings. The summed E-state index contributed by atoms with van der Waals surface area (Å²) in [6.07, 6.45) is 4.66. The fraction of sp³-hybridized carbons (Fsp3) is 0.818. The summed E-state index contributed by atoms with van der Waals surface area (Å²) in [6, 6.07) is 1.24. The minimum atomic E-state index is -1.48. The third-order valence-electron chi connectivity index (χ3n) is 2.75. The molecule has 0 saturated heterocycles. The zero-order valence-corrected chi connectivity index (χ0v) is 13.1. The number of rotatable bonds is 7. The van der Waals surface area contributed by atoms with E-state index in [1.807, 2.05) is 7.11 Å². The fourth-order valence-electron chi connectivity index (χ4n) is 1.18. The van der Waals surface area contributed by atoms with Gasteiger partial charge in [-0.2, -0.15) is 0 Å².